The lowest BCUT2D eigenvalue weighted by Crippen LogP contribution is -2.24. The predicted molar refractivity (Wildman–Crippen MR) is 71.3 cm³/mol. The van der Waals surface area contributed by atoms with Crippen molar-refractivity contribution in [2.24, 2.45) is 0 Å². The van der Waals surface area contributed by atoms with E-state index in [1.165, 1.54) is 0 Å². The van der Waals surface area contributed by atoms with Gasteiger partial charge in [0.2, 0.25) is 0 Å². The van der Waals surface area contributed by atoms with Gasteiger partial charge < -0.3 is 9.84 Å². The lowest BCUT2D eigenvalue weighted by molar-refractivity contribution is 0.0953. The van der Waals surface area contributed by atoms with E-state index < -0.39 is 0 Å². The number of nitrogens with one attached hydrogen (secondary N) is 1. The minimum Gasteiger partial charge on any atom is -0.364 e. The Balaban J connectivity index is 1.73. The van der Waals surface area contributed by atoms with Gasteiger partial charge in [0.25, 0.3) is 5.91 Å². The Labute approximate surface area is 113 Å². The molecule has 18 heavy (non-hydrogen) atoms. The van der Waals surface area contributed by atoms with E-state index in [0.29, 0.717) is 12.1 Å². The zero-order valence-electron chi connectivity index (χ0n) is 9.73. The molecule has 0 unspecified atom stereocenters. The Morgan fingerprint density at radius 1 is 1.33 bits per heavy atom. The molecule has 1 aromatic heterocycles. The summed E-state index contributed by atoms with van der Waals surface area (Å²) in [5.74, 6) is -0.0483. The van der Waals surface area contributed by atoms with Crippen molar-refractivity contribution in [1.29, 1.82) is 0 Å². The lowest BCUT2D eigenvalue weighted by Gasteiger charge is -2.04. The van der Waals surface area contributed by atoms with Crippen molar-refractivity contribution in [1.82, 2.24) is 10.5 Å². The number of amides is 1. The van der Waals surface area contributed by atoms with Crippen molar-refractivity contribution >= 4 is 21.8 Å². The van der Waals surface area contributed by atoms with Crippen molar-refractivity contribution < 1.29 is 9.32 Å². The number of benzene rings is 1. The lowest BCUT2D eigenvalue weighted by atomic mass is 10.2. The highest BCUT2D eigenvalue weighted by molar-refractivity contribution is 9.10. The van der Waals surface area contributed by atoms with Crippen LogP contribution in [0.3, 0.4) is 0 Å². The molecule has 0 saturated carbocycles. The van der Waals surface area contributed by atoms with Crippen LogP contribution in [0, 0.1) is 0 Å². The third kappa shape index (κ3) is 3.70. The predicted octanol–water partition coefficient (Wildman–Crippen LogP) is 2.80. The molecule has 2 rings (SSSR count). The normalized spacial score (nSPS) is 10.3. The van der Waals surface area contributed by atoms with Gasteiger partial charge in [-0.2, -0.15) is 0 Å². The summed E-state index contributed by atoms with van der Waals surface area (Å²) in [6.07, 6.45) is 5.03. The van der Waals surface area contributed by atoms with E-state index >= 15 is 0 Å². The number of carbonyl (C=O) groups excluding carboxylic acids is 1. The van der Waals surface area contributed by atoms with Crippen LogP contribution in [0.1, 0.15) is 22.3 Å². The number of hydrogen-bond acceptors (Lipinski definition) is 3. The molecule has 0 saturated heterocycles. The number of nitrogens with zero attached hydrogens (tertiary/aromatic N) is 1. The monoisotopic (exact) mass is 308 g/mol. The second-order valence-corrected chi connectivity index (χ2v) is 4.81. The molecule has 0 aliphatic heterocycles. The molecule has 1 amide bonds. The second-order valence-electron chi connectivity index (χ2n) is 3.90. The zero-order chi connectivity index (χ0) is 12.8. The quantitative estimate of drug-likeness (QED) is 0.864. The van der Waals surface area contributed by atoms with Crippen LogP contribution in [0.4, 0.5) is 0 Å². The number of aryl methyl sites for hydroxylation is 1. The van der Waals surface area contributed by atoms with Gasteiger partial charge in [-0.25, -0.2) is 0 Å². The summed E-state index contributed by atoms with van der Waals surface area (Å²) < 4.78 is 5.70. The van der Waals surface area contributed by atoms with E-state index in [9.17, 15) is 4.79 Å². The average molecular weight is 309 g/mol. The Kier molecular flexibility index (Phi) is 4.52. The van der Waals surface area contributed by atoms with Crippen molar-refractivity contribution in [2.45, 2.75) is 12.8 Å². The first-order valence-corrected chi connectivity index (χ1v) is 6.47. The van der Waals surface area contributed by atoms with Gasteiger partial charge in [0.1, 0.15) is 6.26 Å². The fourth-order valence-electron chi connectivity index (χ4n) is 1.55. The van der Waals surface area contributed by atoms with Gasteiger partial charge in [-0.1, -0.05) is 21.1 Å². The van der Waals surface area contributed by atoms with Crippen LogP contribution in [0.2, 0.25) is 0 Å². The second kappa shape index (κ2) is 6.35. The Morgan fingerprint density at radius 2 is 2.11 bits per heavy atom. The van der Waals surface area contributed by atoms with Gasteiger partial charge in [-0.05, 0) is 37.1 Å². The summed E-state index contributed by atoms with van der Waals surface area (Å²) in [5.41, 5.74) is 1.72. The van der Waals surface area contributed by atoms with Crippen LogP contribution in [0.25, 0.3) is 0 Å². The molecule has 0 aliphatic rings. The highest BCUT2D eigenvalue weighted by Gasteiger charge is 2.04. The fraction of sp³-hybridized carbons (Fsp3) is 0.231. The van der Waals surface area contributed by atoms with E-state index in [4.69, 9.17) is 4.52 Å². The molecule has 0 aliphatic carbocycles. The first kappa shape index (κ1) is 12.8. The minimum atomic E-state index is -0.0483. The molecule has 1 aromatic carbocycles. The molecule has 4 nitrogen and oxygen atoms in total. The van der Waals surface area contributed by atoms with Crippen LogP contribution in [0.5, 0.6) is 0 Å². The maximum Gasteiger partial charge on any atom is 0.251 e. The van der Waals surface area contributed by atoms with Crippen LogP contribution in [0.15, 0.2) is 45.7 Å². The molecule has 94 valence electrons. The van der Waals surface area contributed by atoms with Crippen molar-refractivity contribution in [3.05, 3.63) is 52.3 Å². The third-order valence-electron chi connectivity index (χ3n) is 2.52. The number of rotatable bonds is 5. The SMILES string of the molecule is O=C(NCCCc1cnoc1)c1ccc(Br)cc1. The summed E-state index contributed by atoms with van der Waals surface area (Å²) in [5, 5.41) is 6.50. The van der Waals surface area contributed by atoms with Crippen molar-refractivity contribution in [3.8, 4) is 0 Å². The Hall–Kier alpha value is -1.62. The Bertz CT molecular complexity index is 494. The summed E-state index contributed by atoms with van der Waals surface area (Å²) in [6, 6.07) is 7.29. The molecule has 0 fully saturated rings. The van der Waals surface area contributed by atoms with Crippen molar-refractivity contribution in [2.75, 3.05) is 6.54 Å². The van der Waals surface area contributed by atoms with E-state index in [1.54, 1.807) is 24.6 Å². The van der Waals surface area contributed by atoms with Crippen LogP contribution < -0.4 is 5.32 Å². The Morgan fingerprint density at radius 3 is 2.78 bits per heavy atom. The van der Waals surface area contributed by atoms with Crippen LogP contribution >= 0.6 is 15.9 Å². The van der Waals surface area contributed by atoms with E-state index in [1.807, 2.05) is 12.1 Å². The van der Waals surface area contributed by atoms with Gasteiger partial charge in [-0.15, -0.1) is 0 Å². The van der Waals surface area contributed by atoms with Gasteiger partial charge in [0, 0.05) is 22.1 Å². The molecule has 0 bridgehead atoms. The van der Waals surface area contributed by atoms with Gasteiger partial charge in [0.05, 0.1) is 6.20 Å². The summed E-state index contributed by atoms with van der Waals surface area (Å²) in [7, 11) is 0. The first-order valence-electron chi connectivity index (χ1n) is 5.68. The van der Waals surface area contributed by atoms with E-state index in [2.05, 4.69) is 26.4 Å². The maximum atomic E-state index is 11.8. The molecule has 1 heterocycles. The van der Waals surface area contributed by atoms with Crippen molar-refractivity contribution in [3.63, 3.8) is 0 Å². The molecular weight excluding hydrogens is 296 g/mol. The zero-order valence-corrected chi connectivity index (χ0v) is 11.3. The molecule has 2 aromatic rings. The fourth-order valence-corrected chi connectivity index (χ4v) is 1.81. The summed E-state index contributed by atoms with van der Waals surface area (Å²) >= 11 is 3.33. The smallest absolute Gasteiger partial charge is 0.251 e. The number of carbonyl (C=O) groups is 1. The topological polar surface area (TPSA) is 55.1 Å². The average Bonchev–Trinajstić information content (AvgIpc) is 2.88. The number of hydrogen-bond donors (Lipinski definition) is 1. The molecule has 0 spiro atoms. The number of halogens is 1. The molecule has 5 heteroatoms. The first-order chi connectivity index (χ1) is 8.75. The number of aromatic nitrogens is 1. The van der Waals surface area contributed by atoms with Gasteiger partial charge in [-0.3, -0.25) is 4.79 Å². The minimum absolute atomic E-state index is 0.0483. The molecule has 0 atom stereocenters. The summed E-state index contributed by atoms with van der Waals surface area (Å²) in [4.78, 5) is 11.8. The van der Waals surface area contributed by atoms with Gasteiger partial charge >= 0.3 is 0 Å². The van der Waals surface area contributed by atoms with Crippen LogP contribution in [-0.4, -0.2) is 17.6 Å². The van der Waals surface area contributed by atoms with Crippen LogP contribution in [-0.2, 0) is 6.42 Å². The molecule has 0 radical (unpaired) electrons. The third-order valence-corrected chi connectivity index (χ3v) is 3.05. The molecule has 1 N–H and O–H groups in total. The van der Waals surface area contributed by atoms with E-state index in [0.717, 1.165) is 22.9 Å². The largest absolute Gasteiger partial charge is 0.364 e. The summed E-state index contributed by atoms with van der Waals surface area (Å²) in [6.45, 7) is 0.639. The highest BCUT2D eigenvalue weighted by atomic mass is 79.9. The van der Waals surface area contributed by atoms with E-state index in [-0.39, 0.29) is 5.91 Å². The molecular formula is C13H13BrN2O2. The van der Waals surface area contributed by atoms with Gasteiger partial charge in [0.15, 0.2) is 0 Å². The highest BCUT2D eigenvalue weighted by Crippen LogP contribution is 2.10. The maximum absolute atomic E-state index is 11.8. The standard InChI is InChI=1S/C13H13BrN2O2/c14-12-5-3-11(4-6-12)13(17)15-7-1-2-10-8-16-18-9-10/h3-6,8-9H,1-2,7H2,(H,15,17).